The lowest BCUT2D eigenvalue weighted by atomic mass is 10.0. The van der Waals surface area contributed by atoms with Crippen molar-refractivity contribution < 1.29 is 22.3 Å². The maximum Gasteiger partial charge on any atom is 0.233 e. The minimum atomic E-state index is -3.76. The van der Waals surface area contributed by atoms with E-state index >= 15 is 0 Å². The molecule has 8 heteroatoms. The molecule has 1 aromatic rings. The highest BCUT2D eigenvalue weighted by Gasteiger charge is 2.21. The van der Waals surface area contributed by atoms with Crippen LogP contribution in [0.1, 0.15) is 11.7 Å². The van der Waals surface area contributed by atoms with Gasteiger partial charge >= 0.3 is 0 Å². The van der Waals surface area contributed by atoms with E-state index in [1.54, 1.807) is 0 Å². The Hall–Kier alpha value is -1.51. The van der Waals surface area contributed by atoms with Crippen molar-refractivity contribution in [2.75, 3.05) is 19.5 Å². The second-order valence-electron chi connectivity index (χ2n) is 4.27. The van der Waals surface area contributed by atoms with E-state index in [0.29, 0.717) is 5.56 Å². The first-order chi connectivity index (χ1) is 9.31. The van der Waals surface area contributed by atoms with Gasteiger partial charge in [0.25, 0.3) is 0 Å². The smallest absolute Gasteiger partial charge is 0.233 e. The molecule has 2 atom stereocenters. The van der Waals surface area contributed by atoms with E-state index in [1.807, 2.05) is 0 Å². The normalized spacial score (nSPS) is 14.8. The second-order valence-corrected chi connectivity index (χ2v) is 6.26. The lowest BCUT2D eigenvalue weighted by Gasteiger charge is -2.20. The predicted octanol–water partition coefficient (Wildman–Crippen LogP) is -0.0701. The summed E-state index contributed by atoms with van der Waals surface area (Å²) in [5, 5.41) is 0. The van der Waals surface area contributed by atoms with E-state index in [1.165, 1.54) is 31.4 Å². The Morgan fingerprint density at radius 1 is 1.35 bits per heavy atom. The highest BCUT2D eigenvalue weighted by molar-refractivity contribution is 7.92. The highest BCUT2D eigenvalue weighted by Crippen LogP contribution is 2.22. The number of methoxy groups -OCH3 is 1. The first-order valence-electron chi connectivity index (χ1n) is 5.77. The number of sulfone groups is 1. The number of carbonyl (C=O) groups is 1. The minimum absolute atomic E-state index is 0.0382. The van der Waals surface area contributed by atoms with Gasteiger partial charge in [-0.1, -0.05) is 12.1 Å². The first-order valence-corrected chi connectivity index (χ1v) is 7.42. The Kier molecular flexibility index (Phi) is 5.61. The van der Waals surface area contributed by atoms with Gasteiger partial charge in [-0.2, -0.15) is 0 Å². The molecule has 0 aliphatic heterocycles. The second kappa shape index (κ2) is 6.78. The number of alkyl halides is 1. The highest BCUT2D eigenvalue weighted by atomic mass is 32.2. The van der Waals surface area contributed by atoms with Crippen molar-refractivity contribution in [3.63, 3.8) is 0 Å². The van der Waals surface area contributed by atoms with Gasteiger partial charge in [0.05, 0.1) is 17.0 Å². The molecule has 6 nitrogen and oxygen atoms in total. The van der Waals surface area contributed by atoms with Crippen molar-refractivity contribution in [2.45, 2.75) is 17.0 Å². The van der Waals surface area contributed by atoms with Crippen molar-refractivity contribution in [3.8, 4) is 0 Å². The summed E-state index contributed by atoms with van der Waals surface area (Å²) in [5.41, 5.74) is 11.0. The number of primary amides is 1. The van der Waals surface area contributed by atoms with Crippen LogP contribution in [0, 0.1) is 0 Å². The van der Waals surface area contributed by atoms with Crippen molar-refractivity contribution in [3.05, 3.63) is 29.8 Å². The average Bonchev–Trinajstić information content (AvgIpc) is 2.38. The van der Waals surface area contributed by atoms with Crippen molar-refractivity contribution >= 4 is 15.7 Å². The summed E-state index contributed by atoms with van der Waals surface area (Å²) in [5.74, 6) is -1.69. The fourth-order valence-corrected chi connectivity index (χ4v) is 2.87. The Balaban J connectivity index is 3.02. The van der Waals surface area contributed by atoms with E-state index in [9.17, 15) is 17.6 Å². The lowest BCUT2D eigenvalue weighted by Crippen LogP contribution is -2.31. The number of ether oxygens (including phenoxy) is 1. The van der Waals surface area contributed by atoms with Gasteiger partial charge in [0, 0.05) is 7.11 Å². The molecule has 0 bridgehead atoms. The SMILES string of the molecule is CO[C@H](c1ccc(S(=O)(=O)CC(N)=O)cc1)[C@H](N)CF. The van der Waals surface area contributed by atoms with Gasteiger partial charge < -0.3 is 16.2 Å². The molecule has 1 aromatic carbocycles. The number of nitrogens with two attached hydrogens (primary N) is 2. The van der Waals surface area contributed by atoms with Crippen LogP contribution in [0.4, 0.5) is 4.39 Å². The number of amides is 1. The summed E-state index contributed by atoms with van der Waals surface area (Å²) in [6, 6.07) is 4.72. The van der Waals surface area contributed by atoms with Crippen molar-refractivity contribution in [1.29, 1.82) is 0 Å². The van der Waals surface area contributed by atoms with Gasteiger partial charge in [-0.15, -0.1) is 0 Å². The first kappa shape index (κ1) is 16.5. The Labute approximate surface area is 116 Å². The van der Waals surface area contributed by atoms with Crippen LogP contribution in [-0.2, 0) is 19.4 Å². The Morgan fingerprint density at radius 3 is 2.30 bits per heavy atom. The van der Waals surface area contributed by atoms with Gasteiger partial charge in [0.15, 0.2) is 9.84 Å². The molecule has 1 rings (SSSR count). The summed E-state index contributed by atoms with van der Waals surface area (Å²) in [4.78, 5) is 10.7. The summed E-state index contributed by atoms with van der Waals surface area (Å²) in [6.07, 6.45) is -0.673. The summed E-state index contributed by atoms with van der Waals surface area (Å²) in [6.45, 7) is -0.764. The van der Waals surface area contributed by atoms with Gasteiger partial charge in [-0.3, -0.25) is 4.79 Å². The van der Waals surface area contributed by atoms with Crippen LogP contribution >= 0.6 is 0 Å². The molecule has 0 saturated heterocycles. The number of carbonyl (C=O) groups excluding carboxylic acids is 1. The zero-order valence-corrected chi connectivity index (χ0v) is 11.8. The van der Waals surface area contributed by atoms with Crippen molar-refractivity contribution in [2.24, 2.45) is 11.5 Å². The maximum absolute atomic E-state index is 12.6. The van der Waals surface area contributed by atoms with Gasteiger partial charge in [0.2, 0.25) is 5.91 Å². The molecule has 4 N–H and O–H groups in total. The molecule has 0 heterocycles. The van der Waals surface area contributed by atoms with E-state index in [2.05, 4.69) is 0 Å². The lowest BCUT2D eigenvalue weighted by molar-refractivity contribution is -0.115. The van der Waals surface area contributed by atoms with Crippen LogP contribution in [0.15, 0.2) is 29.2 Å². The molecule has 112 valence electrons. The molecule has 0 radical (unpaired) electrons. The largest absolute Gasteiger partial charge is 0.375 e. The number of hydrogen-bond acceptors (Lipinski definition) is 5. The van der Waals surface area contributed by atoms with Crippen LogP contribution in [0.5, 0.6) is 0 Å². The molecule has 0 aromatic heterocycles. The van der Waals surface area contributed by atoms with E-state index in [0.717, 1.165) is 0 Å². The number of hydrogen-bond donors (Lipinski definition) is 2. The molecular formula is C12H17FN2O4S. The molecular weight excluding hydrogens is 287 g/mol. The molecule has 0 aliphatic rings. The molecule has 20 heavy (non-hydrogen) atoms. The third-order valence-corrected chi connectivity index (χ3v) is 4.38. The summed E-state index contributed by atoms with van der Waals surface area (Å²) >= 11 is 0. The molecule has 0 aliphatic carbocycles. The number of rotatable bonds is 7. The van der Waals surface area contributed by atoms with E-state index in [4.69, 9.17) is 16.2 Å². The monoisotopic (exact) mass is 304 g/mol. The predicted molar refractivity (Wildman–Crippen MR) is 71.4 cm³/mol. The van der Waals surface area contributed by atoms with Crippen LogP contribution < -0.4 is 11.5 Å². The summed E-state index contributed by atoms with van der Waals surface area (Å²) in [7, 11) is -2.37. The van der Waals surface area contributed by atoms with Crippen LogP contribution in [0.3, 0.4) is 0 Å². The Morgan fingerprint density at radius 2 is 1.90 bits per heavy atom. The topological polar surface area (TPSA) is 112 Å². The molecule has 0 spiro atoms. The van der Waals surface area contributed by atoms with Gasteiger partial charge in [0.1, 0.15) is 12.4 Å². The fourth-order valence-electron chi connectivity index (χ4n) is 1.77. The zero-order chi connectivity index (χ0) is 15.3. The average molecular weight is 304 g/mol. The van der Waals surface area contributed by atoms with E-state index in [-0.39, 0.29) is 4.90 Å². The quantitative estimate of drug-likeness (QED) is 0.732. The van der Waals surface area contributed by atoms with Gasteiger partial charge in [-0.25, -0.2) is 12.8 Å². The van der Waals surface area contributed by atoms with Crippen molar-refractivity contribution in [1.82, 2.24) is 0 Å². The third kappa shape index (κ3) is 3.99. The fraction of sp³-hybridized carbons (Fsp3) is 0.417. The maximum atomic E-state index is 12.6. The Bertz CT molecular complexity index is 559. The van der Waals surface area contributed by atoms with Crippen LogP contribution in [0.25, 0.3) is 0 Å². The summed E-state index contributed by atoms with van der Waals surface area (Å²) < 4.78 is 41.2. The third-order valence-electron chi connectivity index (χ3n) is 2.72. The standard InChI is InChI=1S/C12H17FN2O4S/c1-19-12(10(14)6-13)8-2-4-9(5-3-8)20(17,18)7-11(15)16/h2-5,10,12H,6-7,14H2,1H3,(H2,15,16)/t10-,12-/m1/s1. The van der Waals surface area contributed by atoms with Crippen LogP contribution in [0.2, 0.25) is 0 Å². The van der Waals surface area contributed by atoms with E-state index < -0.39 is 40.3 Å². The minimum Gasteiger partial charge on any atom is -0.375 e. The molecule has 0 fully saturated rings. The van der Waals surface area contributed by atoms with Crippen LogP contribution in [-0.4, -0.2) is 39.9 Å². The molecule has 1 amide bonds. The molecule has 0 unspecified atom stereocenters. The molecule has 0 saturated carbocycles. The number of halogens is 1. The number of benzene rings is 1. The zero-order valence-electron chi connectivity index (χ0n) is 11.0. The van der Waals surface area contributed by atoms with Gasteiger partial charge in [-0.05, 0) is 17.7 Å².